The van der Waals surface area contributed by atoms with Gasteiger partial charge in [0.2, 0.25) is 0 Å². The first kappa shape index (κ1) is 21.5. The molecule has 2 N–H and O–H groups in total. The van der Waals surface area contributed by atoms with E-state index in [9.17, 15) is 9.18 Å². The molecule has 1 aromatic carbocycles. The number of halogens is 1. The zero-order valence-electron chi connectivity index (χ0n) is 17.8. The predicted octanol–water partition coefficient (Wildman–Crippen LogP) is 4.86. The third-order valence-corrected chi connectivity index (χ3v) is 7.93. The highest BCUT2D eigenvalue weighted by Gasteiger charge is 2.50. The van der Waals surface area contributed by atoms with Crippen LogP contribution in [0, 0.1) is 11.3 Å². The van der Waals surface area contributed by atoms with Crippen LogP contribution in [0.5, 0.6) is 5.75 Å². The molecule has 1 saturated heterocycles. The van der Waals surface area contributed by atoms with Gasteiger partial charge in [-0.3, -0.25) is 4.79 Å². The summed E-state index contributed by atoms with van der Waals surface area (Å²) in [7, 11) is 0. The monoisotopic (exact) mass is 415 g/mol. The van der Waals surface area contributed by atoms with Crippen LogP contribution in [0.15, 0.2) is 36.2 Å². The number of fused-ring (bicyclic) bond motifs is 3. The second-order valence-corrected chi connectivity index (χ2v) is 9.59. The average Bonchev–Trinajstić information content (AvgIpc) is 2.82. The Kier molecular flexibility index (Phi) is 6.59. The molecule has 0 amide bonds. The minimum Gasteiger partial charge on any atom is -0.489 e. The number of hydrogen-bond donors (Lipinski definition) is 1. The highest BCUT2D eigenvalue weighted by atomic mass is 19.1. The summed E-state index contributed by atoms with van der Waals surface area (Å²) >= 11 is 0. The molecule has 2 bridgehead atoms. The maximum atomic E-state index is 12.9. The van der Waals surface area contributed by atoms with Crippen molar-refractivity contribution in [1.82, 2.24) is 0 Å². The first-order chi connectivity index (χ1) is 14.6. The maximum absolute atomic E-state index is 12.9. The topological polar surface area (TPSA) is 61.5 Å². The Labute approximate surface area is 179 Å². The molecule has 3 saturated carbocycles. The largest absolute Gasteiger partial charge is 0.489 e. The van der Waals surface area contributed by atoms with Crippen LogP contribution in [0.3, 0.4) is 0 Å². The molecule has 3 aliphatic carbocycles. The van der Waals surface area contributed by atoms with Crippen LogP contribution >= 0.6 is 0 Å². The molecule has 0 aromatic heterocycles. The average molecular weight is 416 g/mol. The van der Waals surface area contributed by atoms with Gasteiger partial charge in [-0.25, -0.2) is 4.39 Å². The van der Waals surface area contributed by atoms with E-state index in [1.54, 1.807) is 0 Å². The molecular weight excluding hydrogens is 381 g/mol. The van der Waals surface area contributed by atoms with Crippen LogP contribution < -0.4 is 10.5 Å². The van der Waals surface area contributed by atoms with Crippen molar-refractivity contribution >= 4 is 5.78 Å². The number of hydrogen-bond acceptors (Lipinski definition) is 4. The molecule has 4 nitrogen and oxygen atoms in total. The first-order valence-corrected chi connectivity index (χ1v) is 11.4. The van der Waals surface area contributed by atoms with E-state index in [2.05, 4.69) is 12.1 Å². The molecule has 1 aliphatic heterocycles. The van der Waals surface area contributed by atoms with Gasteiger partial charge in [0, 0.05) is 37.7 Å². The molecular formula is C25H34FNO3. The van der Waals surface area contributed by atoms with Gasteiger partial charge in [-0.2, -0.15) is 0 Å². The van der Waals surface area contributed by atoms with Crippen LogP contribution in [0.4, 0.5) is 4.39 Å². The number of rotatable bonds is 8. The Morgan fingerprint density at radius 1 is 1.10 bits per heavy atom. The van der Waals surface area contributed by atoms with Gasteiger partial charge >= 0.3 is 0 Å². The van der Waals surface area contributed by atoms with E-state index < -0.39 is 0 Å². The molecule has 5 heteroatoms. The molecule has 0 atom stereocenters. The lowest BCUT2D eigenvalue weighted by Crippen LogP contribution is -2.45. The van der Waals surface area contributed by atoms with Gasteiger partial charge in [-0.05, 0) is 79.9 Å². The van der Waals surface area contributed by atoms with Gasteiger partial charge < -0.3 is 15.2 Å². The van der Waals surface area contributed by atoms with Gasteiger partial charge in [0.25, 0.3) is 0 Å². The van der Waals surface area contributed by atoms with Gasteiger partial charge in [0.1, 0.15) is 18.1 Å². The predicted molar refractivity (Wildman–Crippen MR) is 115 cm³/mol. The number of benzene rings is 1. The van der Waals surface area contributed by atoms with Crippen molar-refractivity contribution in [2.45, 2.75) is 63.2 Å². The second kappa shape index (κ2) is 9.19. The number of ether oxygens (including phenoxy) is 2. The first-order valence-electron chi connectivity index (χ1n) is 11.4. The smallest absolute Gasteiger partial charge is 0.136 e. The fourth-order valence-corrected chi connectivity index (χ4v) is 5.71. The number of Topliss-reactive ketones (excluding diaryl/α,β-unsaturated/α-hetero) is 1. The van der Waals surface area contributed by atoms with Gasteiger partial charge in [-0.1, -0.05) is 12.1 Å². The SMILES string of the molecule is NC/C(=C\F)COc1ccc(C23CCC(CC(=O)C4CCOCC4)(CC2)CC3)cc1. The summed E-state index contributed by atoms with van der Waals surface area (Å²) in [5, 5.41) is 0. The Morgan fingerprint density at radius 2 is 1.73 bits per heavy atom. The fraction of sp³-hybridized carbons (Fsp3) is 0.640. The summed E-state index contributed by atoms with van der Waals surface area (Å²) in [4.78, 5) is 12.9. The van der Waals surface area contributed by atoms with Crippen molar-refractivity contribution in [3.8, 4) is 5.75 Å². The summed E-state index contributed by atoms with van der Waals surface area (Å²) in [6, 6.07) is 8.31. The molecule has 4 aliphatic rings. The zero-order valence-corrected chi connectivity index (χ0v) is 17.8. The molecule has 1 heterocycles. The highest BCUT2D eigenvalue weighted by molar-refractivity contribution is 5.81. The quantitative estimate of drug-likeness (QED) is 0.659. The van der Waals surface area contributed by atoms with E-state index in [4.69, 9.17) is 15.2 Å². The molecule has 0 unspecified atom stereocenters. The normalized spacial score (nSPS) is 29.7. The number of ketones is 1. The molecule has 1 aromatic rings. The standard InChI is InChI=1S/C25H34FNO3/c26-16-19(17-27)18-30-22-3-1-21(2-4-22)25-10-7-24(8-11-25,9-12-25)15-23(28)20-5-13-29-14-6-20/h1-4,16,20H,5-15,17-18,27H2/b19-16+. The number of nitrogens with two attached hydrogens (primary N) is 1. The van der Waals surface area contributed by atoms with Crippen molar-refractivity contribution < 1.29 is 18.7 Å². The van der Waals surface area contributed by atoms with Crippen molar-refractivity contribution in [2.75, 3.05) is 26.4 Å². The van der Waals surface area contributed by atoms with Crippen LogP contribution in [0.1, 0.15) is 63.4 Å². The molecule has 5 rings (SSSR count). The van der Waals surface area contributed by atoms with E-state index in [1.807, 2.05) is 12.1 Å². The number of carbonyl (C=O) groups excluding carboxylic acids is 1. The summed E-state index contributed by atoms with van der Waals surface area (Å²) in [5.74, 6) is 1.45. The van der Waals surface area contributed by atoms with Crippen LogP contribution in [-0.2, 0) is 14.9 Å². The molecule has 30 heavy (non-hydrogen) atoms. The Hall–Kier alpha value is -1.72. The summed E-state index contributed by atoms with van der Waals surface area (Å²) in [6.07, 6.45) is 10.1. The third kappa shape index (κ3) is 4.47. The van der Waals surface area contributed by atoms with Crippen molar-refractivity contribution in [2.24, 2.45) is 17.1 Å². The van der Waals surface area contributed by atoms with Gasteiger partial charge in [0.05, 0.1) is 6.33 Å². The lowest BCUT2D eigenvalue weighted by molar-refractivity contribution is -0.130. The zero-order chi connectivity index (χ0) is 21.0. The Morgan fingerprint density at radius 3 is 2.30 bits per heavy atom. The lowest BCUT2D eigenvalue weighted by Gasteiger charge is -2.54. The molecule has 0 spiro atoms. The van der Waals surface area contributed by atoms with E-state index >= 15 is 0 Å². The van der Waals surface area contributed by atoms with Crippen LogP contribution in [0.2, 0.25) is 0 Å². The molecule has 164 valence electrons. The minimum absolute atomic E-state index is 0.163. The van der Waals surface area contributed by atoms with Crippen LogP contribution in [-0.4, -0.2) is 32.1 Å². The van der Waals surface area contributed by atoms with Gasteiger partial charge in [0.15, 0.2) is 0 Å². The molecule has 0 radical (unpaired) electrons. The van der Waals surface area contributed by atoms with E-state index in [0.29, 0.717) is 17.7 Å². The highest BCUT2D eigenvalue weighted by Crippen LogP contribution is 2.59. The summed E-state index contributed by atoms with van der Waals surface area (Å²) < 4.78 is 23.7. The van der Waals surface area contributed by atoms with Gasteiger partial charge in [-0.15, -0.1) is 0 Å². The summed E-state index contributed by atoms with van der Waals surface area (Å²) in [5.41, 5.74) is 7.77. The molecule has 4 fully saturated rings. The third-order valence-electron chi connectivity index (χ3n) is 7.93. The minimum atomic E-state index is 0.163. The Bertz CT molecular complexity index is 743. The number of carbonyl (C=O) groups is 1. The van der Waals surface area contributed by atoms with Crippen LogP contribution in [0.25, 0.3) is 0 Å². The summed E-state index contributed by atoms with van der Waals surface area (Å²) in [6.45, 7) is 1.82. The fourth-order valence-electron chi connectivity index (χ4n) is 5.71. The van der Waals surface area contributed by atoms with E-state index in [0.717, 1.165) is 76.8 Å². The maximum Gasteiger partial charge on any atom is 0.136 e. The van der Waals surface area contributed by atoms with E-state index in [-0.39, 0.29) is 29.9 Å². The van der Waals surface area contributed by atoms with Crippen molar-refractivity contribution in [3.63, 3.8) is 0 Å². The van der Waals surface area contributed by atoms with Crippen molar-refractivity contribution in [3.05, 3.63) is 41.7 Å². The van der Waals surface area contributed by atoms with Crippen molar-refractivity contribution in [1.29, 1.82) is 0 Å². The Balaban J connectivity index is 1.35. The lowest BCUT2D eigenvalue weighted by atomic mass is 9.50. The second-order valence-electron chi connectivity index (χ2n) is 9.59. The van der Waals surface area contributed by atoms with E-state index in [1.165, 1.54) is 5.56 Å².